The molecule has 0 spiro atoms. The fourth-order valence-electron chi connectivity index (χ4n) is 2.22. The van der Waals surface area contributed by atoms with Gasteiger partial charge in [0.15, 0.2) is 0 Å². The standard InChI is InChI=1S/C8H14.C2H6.CH4/c1-6-2-3-7-4-8(6)5-7;1-2;/h6-8H,2-5H2,1H3;1-2H3;1H4. The predicted molar refractivity (Wildman–Crippen MR) is 52.7 cm³/mol. The van der Waals surface area contributed by atoms with Crippen molar-refractivity contribution in [2.75, 3.05) is 0 Å². The molecule has 3 fully saturated rings. The Morgan fingerprint density at radius 2 is 1.55 bits per heavy atom. The maximum atomic E-state index is 2.42. The molecule has 3 saturated carbocycles. The molecule has 0 radical (unpaired) electrons. The number of hydrogen-bond donors (Lipinski definition) is 0. The zero-order valence-corrected chi connectivity index (χ0v) is 7.56. The highest BCUT2D eigenvalue weighted by Crippen LogP contribution is 2.48. The normalized spacial score (nSPS) is 39.0. The third-order valence-electron chi connectivity index (χ3n) is 3.11. The van der Waals surface area contributed by atoms with Gasteiger partial charge in [-0.3, -0.25) is 0 Å². The first kappa shape index (κ1) is 11.0. The minimum atomic E-state index is 0. The fourth-order valence-corrected chi connectivity index (χ4v) is 2.22. The predicted octanol–water partition coefficient (Wildman–Crippen LogP) is 4.10. The van der Waals surface area contributed by atoms with Crippen LogP contribution in [0, 0.1) is 17.8 Å². The van der Waals surface area contributed by atoms with E-state index in [-0.39, 0.29) is 7.43 Å². The largest absolute Gasteiger partial charge is 0.0776 e. The lowest BCUT2D eigenvalue weighted by Crippen LogP contribution is -2.34. The third-order valence-corrected chi connectivity index (χ3v) is 3.11. The van der Waals surface area contributed by atoms with Crippen LogP contribution in [-0.4, -0.2) is 0 Å². The van der Waals surface area contributed by atoms with Crippen LogP contribution in [0.5, 0.6) is 0 Å². The van der Waals surface area contributed by atoms with Crippen LogP contribution in [0.3, 0.4) is 0 Å². The van der Waals surface area contributed by atoms with Crippen LogP contribution in [0.15, 0.2) is 0 Å². The molecule has 0 aromatic heterocycles. The molecule has 0 aliphatic heterocycles. The van der Waals surface area contributed by atoms with Crippen molar-refractivity contribution >= 4 is 0 Å². The molecule has 1 atom stereocenters. The van der Waals surface area contributed by atoms with Crippen LogP contribution >= 0.6 is 0 Å². The summed E-state index contributed by atoms with van der Waals surface area (Å²) >= 11 is 0. The molecule has 0 aromatic carbocycles. The van der Waals surface area contributed by atoms with Crippen LogP contribution in [-0.2, 0) is 0 Å². The van der Waals surface area contributed by atoms with Crippen LogP contribution in [0.2, 0.25) is 0 Å². The zero-order chi connectivity index (χ0) is 7.56. The van der Waals surface area contributed by atoms with Crippen LogP contribution in [0.1, 0.15) is 53.9 Å². The summed E-state index contributed by atoms with van der Waals surface area (Å²) in [5, 5.41) is 0. The van der Waals surface area contributed by atoms with Crippen molar-refractivity contribution < 1.29 is 0 Å². The van der Waals surface area contributed by atoms with E-state index in [0.717, 1.165) is 17.8 Å². The Labute approximate surface area is 72.4 Å². The SMILES string of the molecule is C.CC.CC1CCC2CC1C2. The Kier molecular flexibility index (Phi) is 4.79. The lowest BCUT2D eigenvalue weighted by Gasteiger charge is -2.45. The Balaban J connectivity index is 0.000000311. The van der Waals surface area contributed by atoms with Crippen LogP contribution in [0.4, 0.5) is 0 Å². The van der Waals surface area contributed by atoms with Crippen molar-refractivity contribution in [2.45, 2.75) is 53.9 Å². The number of rotatable bonds is 0. The van der Waals surface area contributed by atoms with Crippen LogP contribution < -0.4 is 0 Å². The van der Waals surface area contributed by atoms with E-state index in [4.69, 9.17) is 0 Å². The quantitative estimate of drug-likeness (QED) is 0.495. The first-order valence-corrected chi connectivity index (χ1v) is 4.86. The van der Waals surface area contributed by atoms with Crippen LogP contribution in [0.25, 0.3) is 0 Å². The molecule has 0 saturated heterocycles. The molecule has 1 unspecified atom stereocenters. The molecule has 2 bridgehead atoms. The van der Waals surface area contributed by atoms with E-state index in [1.54, 1.807) is 12.8 Å². The Hall–Kier alpha value is 0. The summed E-state index contributed by atoms with van der Waals surface area (Å²) in [6, 6.07) is 0. The lowest BCUT2D eigenvalue weighted by atomic mass is 9.61. The van der Waals surface area contributed by atoms with Crippen molar-refractivity contribution in [3.63, 3.8) is 0 Å². The molecular weight excluding hydrogens is 132 g/mol. The summed E-state index contributed by atoms with van der Waals surface area (Å²) in [6.45, 7) is 6.42. The lowest BCUT2D eigenvalue weighted by molar-refractivity contribution is 0.0599. The molecule has 3 aliphatic rings. The summed E-state index contributed by atoms with van der Waals surface area (Å²) in [5.41, 5.74) is 0. The molecule has 0 N–H and O–H groups in total. The van der Waals surface area contributed by atoms with Crippen molar-refractivity contribution in [1.29, 1.82) is 0 Å². The van der Waals surface area contributed by atoms with Gasteiger partial charge in [-0.15, -0.1) is 0 Å². The van der Waals surface area contributed by atoms with Gasteiger partial charge in [-0.25, -0.2) is 0 Å². The van der Waals surface area contributed by atoms with Gasteiger partial charge in [-0.1, -0.05) is 41.0 Å². The number of fused-ring (bicyclic) bond motifs is 2. The van der Waals surface area contributed by atoms with Gasteiger partial charge in [0.1, 0.15) is 0 Å². The highest BCUT2D eigenvalue weighted by Gasteiger charge is 2.37. The summed E-state index contributed by atoms with van der Waals surface area (Å²) in [7, 11) is 0. The highest BCUT2D eigenvalue weighted by atomic mass is 14.4. The van der Waals surface area contributed by atoms with E-state index in [1.807, 2.05) is 13.8 Å². The molecule has 0 aromatic rings. The first-order chi connectivity index (χ1) is 4.86. The second-order valence-corrected chi connectivity index (χ2v) is 3.65. The van der Waals surface area contributed by atoms with Gasteiger partial charge in [0.25, 0.3) is 0 Å². The second-order valence-electron chi connectivity index (χ2n) is 3.65. The van der Waals surface area contributed by atoms with Gasteiger partial charge in [-0.2, -0.15) is 0 Å². The second kappa shape index (κ2) is 4.79. The molecule has 0 nitrogen and oxygen atoms in total. The van der Waals surface area contributed by atoms with Crippen molar-refractivity contribution in [2.24, 2.45) is 17.8 Å². The summed E-state index contributed by atoms with van der Waals surface area (Å²) < 4.78 is 0. The monoisotopic (exact) mass is 156 g/mol. The van der Waals surface area contributed by atoms with Gasteiger partial charge in [0.2, 0.25) is 0 Å². The van der Waals surface area contributed by atoms with E-state index in [0.29, 0.717) is 0 Å². The molecule has 11 heavy (non-hydrogen) atoms. The average molecular weight is 156 g/mol. The van der Waals surface area contributed by atoms with E-state index in [2.05, 4.69) is 6.92 Å². The summed E-state index contributed by atoms with van der Waals surface area (Å²) in [5.74, 6) is 3.38. The topological polar surface area (TPSA) is 0 Å². The highest BCUT2D eigenvalue weighted by molar-refractivity contribution is 4.88. The van der Waals surface area contributed by atoms with Crippen molar-refractivity contribution in [1.82, 2.24) is 0 Å². The molecule has 68 valence electrons. The molecule has 0 heterocycles. The van der Waals surface area contributed by atoms with Gasteiger partial charge in [0, 0.05) is 0 Å². The minimum absolute atomic E-state index is 0. The number of hydrogen-bond acceptors (Lipinski definition) is 0. The van der Waals surface area contributed by atoms with Gasteiger partial charge in [-0.05, 0) is 30.6 Å². The van der Waals surface area contributed by atoms with Gasteiger partial charge in [0.05, 0.1) is 0 Å². The maximum Gasteiger partial charge on any atom is -0.0383 e. The smallest absolute Gasteiger partial charge is 0.0383 e. The first-order valence-electron chi connectivity index (χ1n) is 4.86. The minimum Gasteiger partial charge on any atom is -0.0776 e. The fraction of sp³-hybridized carbons (Fsp3) is 1.00. The summed E-state index contributed by atoms with van der Waals surface area (Å²) in [4.78, 5) is 0. The van der Waals surface area contributed by atoms with Crippen molar-refractivity contribution in [3.05, 3.63) is 0 Å². The zero-order valence-electron chi connectivity index (χ0n) is 7.56. The molecule has 3 rings (SSSR count). The van der Waals surface area contributed by atoms with E-state index in [1.165, 1.54) is 12.8 Å². The third kappa shape index (κ3) is 2.21. The van der Waals surface area contributed by atoms with Crippen molar-refractivity contribution in [3.8, 4) is 0 Å². The molecular formula is C11H24. The van der Waals surface area contributed by atoms with E-state index < -0.39 is 0 Å². The molecule has 0 heteroatoms. The molecule has 3 aliphatic carbocycles. The van der Waals surface area contributed by atoms with E-state index in [9.17, 15) is 0 Å². The van der Waals surface area contributed by atoms with Gasteiger partial charge >= 0.3 is 0 Å². The van der Waals surface area contributed by atoms with E-state index >= 15 is 0 Å². The maximum absolute atomic E-state index is 2.42. The van der Waals surface area contributed by atoms with Gasteiger partial charge < -0.3 is 0 Å². The average Bonchev–Trinajstić information content (AvgIpc) is 1.90. The summed E-state index contributed by atoms with van der Waals surface area (Å²) in [6.07, 6.45) is 6.20. The Morgan fingerprint density at radius 3 is 1.73 bits per heavy atom. The molecule has 0 amide bonds. The Bertz CT molecular complexity index is 84.7. The Morgan fingerprint density at radius 1 is 1.00 bits per heavy atom.